The van der Waals surface area contributed by atoms with Crippen LogP contribution >= 0.6 is 0 Å². The van der Waals surface area contributed by atoms with Gasteiger partial charge in [-0.25, -0.2) is 9.59 Å². The van der Waals surface area contributed by atoms with Crippen molar-refractivity contribution < 1.29 is 14.3 Å². The van der Waals surface area contributed by atoms with E-state index in [-0.39, 0.29) is 11.1 Å². The molecule has 110 valence electrons. The Morgan fingerprint density at radius 2 is 1.95 bits per heavy atom. The van der Waals surface area contributed by atoms with Crippen molar-refractivity contribution >= 4 is 16.9 Å². The molecule has 0 bridgehead atoms. The number of benzene rings is 2. The number of aromatic carboxylic acids is 1. The topological polar surface area (TPSA) is 93.5 Å². The highest BCUT2D eigenvalue weighted by Crippen LogP contribution is 2.28. The first kappa shape index (κ1) is 14.0. The van der Waals surface area contributed by atoms with Crippen LogP contribution in [0.15, 0.2) is 57.7 Å². The lowest BCUT2D eigenvalue weighted by Gasteiger charge is -2.07. The Morgan fingerprint density at radius 3 is 2.68 bits per heavy atom. The molecule has 1 aromatic heterocycles. The molecule has 0 spiro atoms. The van der Waals surface area contributed by atoms with Gasteiger partial charge in [-0.1, -0.05) is 18.2 Å². The molecule has 0 aliphatic rings. The number of carbonyl (C=O) groups is 1. The minimum atomic E-state index is -1.07. The third-order valence-corrected chi connectivity index (χ3v) is 3.47. The normalized spacial score (nSPS) is 10.8. The van der Waals surface area contributed by atoms with Gasteiger partial charge in [-0.05, 0) is 41.0 Å². The Bertz CT molecular complexity index is 927. The van der Waals surface area contributed by atoms with E-state index in [0.717, 1.165) is 11.1 Å². The van der Waals surface area contributed by atoms with Crippen molar-refractivity contribution in [1.82, 2.24) is 0 Å². The van der Waals surface area contributed by atoms with Gasteiger partial charge in [-0.15, -0.1) is 0 Å². The molecule has 5 nitrogen and oxygen atoms in total. The predicted octanol–water partition coefficient (Wildman–Crippen LogP) is 2.62. The first-order chi connectivity index (χ1) is 10.6. The summed E-state index contributed by atoms with van der Waals surface area (Å²) in [6.07, 6.45) is 0. The van der Waals surface area contributed by atoms with Crippen LogP contribution in [0.1, 0.15) is 15.9 Å². The number of carboxylic acid groups (broad SMARTS) is 1. The lowest BCUT2D eigenvalue weighted by atomic mass is 9.99. The SMILES string of the molecule is NCc1cccc(-c2cc(=O)oc3cc(C(=O)O)ccc23)c1. The monoisotopic (exact) mass is 295 g/mol. The zero-order valence-electron chi connectivity index (χ0n) is 11.6. The minimum Gasteiger partial charge on any atom is -0.478 e. The number of nitrogens with two attached hydrogens (primary N) is 1. The second-order valence-electron chi connectivity index (χ2n) is 4.90. The number of hydrogen-bond acceptors (Lipinski definition) is 4. The van der Waals surface area contributed by atoms with Gasteiger partial charge < -0.3 is 15.3 Å². The molecule has 3 aromatic rings. The zero-order valence-corrected chi connectivity index (χ0v) is 11.6. The molecule has 5 heteroatoms. The van der Waals surface area contributed by atoms with E-state index in [1.54, 1.807) is 6.07 Å². The van der Waals surface area contributed by atoms with E-state index in [1.165, 1.54) is 18.2 Å². The van der Waals surface area contributed by atoms with Crippen molar-refractivity contribution in [3.63, 3.8) is 0 Å². The van der Waals surface area contributed by atoms with E-state index in [9.17, 15) is 9.59 Å². The summed E-state index contributed by atoms with van der Waals surface area (Å²) in [6, 6.07) is 13.4. The molecule has 0 atom stereocenters. The third kappa shape index (κ3) is 2.49. The summed E-state index contributed by atoms with van der Waals surface area (Å²) in [6.45, 7) is 0.399. The van der Waals surface area contributed by atoms with Crippen LogP contribution in [0.3, 0.4) is 0 Å². The summed E-state index contributed by atoms with van der Waals surface area (Å²) in [4.78, 5) is 22.8. The molecule has 0 unspecified atom stereocenters. The summed E-state index contributed by atoms with van der Waals surface area (Å²) in [5.41, 5.74) is 7.92. The van der Waals surface area contributed by atoms with Crippen molar-refractivity contribution in [2.75, 3.05) is 0 Å². The van der Waals surface area contributed by atoms with E-state index < -0.39 is 11.6 Å². The van der Waals surface area contributed by atoms with Gasteiger partial charge >= 0.3 is 11.6 Å². The number of fused-ring (bicyclic) bond motifs is 1. The molecule has 0 saturated heterocycles. The van der Waals surface area contributed by atoms with Crippen LogP contribution in [-0.2, 0) is 6.54 Å². The van der Waals surface area contributed by atoms with Crippen molar-refractivity contribution in [1.29, 1.82) is 0 Å². The zero-order chi connectivity index (χ0) is 15.7. The van der Waals surface area contributed by atoms with Crippen molar-refractivity contribution in [2.45, 2.75) is 6.54 Å². The van der Waals surface area contributed by atoms with Gasteiger partial charge in [0.15, 0.2) is 0 Å². The number of carboxylic acids is 1. The van der Waals surface area contributed by atoms with Crippen LogP contribution in [-0.4, -0.2) is 11.1 Å². The van der Waals surface area contributed by atoms with Crippen LogP contribution in [0, 0.1) is 0 Å². The summed E-state index contributed by atoms with van der Waals surface area (Å²) in [5, 5.41) is 9.71. The second kappa shape index (κ2) is 5.46. The lowest BCUT2D eigenvalue weighted by Crippen LogP contribution is -2.01. The Kier molecular flexibility index (Phi) is 3.48. The Labute approximate surface area is 125 Å². The molecule has 0 radical (unpaired) electrons. The number of hydrogen-bond donors (Lipinski definition) is 2. The van der Waals surface area contributed by atoms with Crippen molar-refractivity contribution in [3.8, 4) is 11.1 Å². The molecule has 2 aromatic carbocycles. The predicted molar refractivity (Wildman–Crippen MR) is 82.8 cm³/mol. The highest BCUT2D eigenvalue weighted by Gasteiger charge is 2.11. The number of rotatable bonds is 3. The Hall–Kier alpha value is -2.92. The van der Waals surface area contributed by atoms with Crippen LogP contribution in [0.5, 0.6) is 0 Å². The van der Waals surface area contributed by atoms with Gasteiger partial charge in [0.05, 0.1) is 5.56 Å². The maximum absolute atomic E-state index is 11.8. The molecular weight excluding hydrogens is 282 g/mol. The maximum Gasteiger partial charge on any atom is 0.336 e. The average Bonchev–Trinajstić information content (AvgIpc) is 2.53. The molecule has 0 saturated carbocycles. The molecule has 0 aliphatic carbocycles. The fourth-order valence-electron chi connectivity index (χ4n) is 2.40. The van der Waals surface area contributed by atoms with Gasteiger partial charge in [0.25, 0.3) is 0 Å². The van der Waals surface area contributed by atoms with Crippen LogP contribution in [0.25, 0.3) is 22.1 Å². The Morgan fingerprint density at radius 1 is 1.14 bits per heavy atom. The van der Waals surface area contributed by atoms with Gasteiger partial charge in [0.2, 0.25) is 0 Å². The van der Waals surface area contributed by atoms with Crippen LogP contribution in [0.4, 0.5) is 0 Å². The third-order valence-electron chi connectivity index (χ3n) is 3.47. The van der Waals surface area contributed by atoms with Crippen LogP contribution < -0.4 is 11.4 Å². The maximum atomic E-state index is 11.8. The van der Waals surface area contributed by atoms with Gasteiger partial charge in [0, 0.05) is 18.0 Å². The fraction of sp³-hybridized carbons (Fsp3) is 0.0588. The second-order valence-corrected chi connectivity index (χ2v) is 4.90. The van der Waals surface area contributed by atoms with E-state index in [1.807, 2.05) is 24.3 Å². The fourth-order valence-corrected chi connectivity index (χ4v) is 2.40. The van der Waals surface area contributed by atoms with Crippen molar-refractivity contribution in [3.05, 3.63) is 70.1 Å². The molecule has 0 fully saturated rings. The first-order valence-electron chi connectivity index (χ1n) is 6.69. The molecular formula is C17H13NO4. The van der Waals surface area contributed by atoms with E-state index in [4.69, 9.17) is 15.3 Å². The van der Waals surface area contributed by atoms with Gasteiger partial charge in [-0.3, -0.25) is 0 Å². The first-order valence-corrected chi connectivity index (χ1v) is 6.69. The van der Waals surface area contributed by atoms with Crippen molar-refractivity contribution in [2.24, 2.45) is 5.73 Å². The van der Waals surface area contributed by atoms with Gasteiger partial charge in [-0.2, -0.15) is 0 Å². The average molecular weight is 295 g/mol. The molecule has 22 heavy (non-hydrogen) atoms. The summed E-state index contributed by atoms with van der Waals surface area (Å²) >= 11 is 0. The molecule has 3 N–H and O–H groups in total. The molecule has 0 aliphatic heterocycles. The quantitative estimate of drug-likeness (QED) is 0.724. The van der Waals surface area contributed by atoms with Crippen LogP contribution in [0.2, 0.25) is 0 Å². The Balaban J connectivity index is 2.29. The standard InChI is InChI=1S/C17H13NO4/c18-9-10-2-1-3-11(6-10)14-8-16(19)22-15-7-12(17(20)21)4-5-13(14)15/h1-8H,9,18H2,(H,20,21). The summed E-state index contributed by atoms with van der Waals surface area (Å²) in [7, 11) is 0. The lowest BCUT2D eigenvalue weighted by molar-refractivity contribution is 0.0697. The van der Waals surface area contributed by atoms with Gasteiger partial charge in [0.1, 0.15) is 5.58 Å². The van der Waals surface area contributed by atoms with E-state index in [2.05, 4.69) is 0 Å². The highest BCUT2D eigenvalue weighted by molar-refractivity contribution is 5.98. The summed E-state index contributed by atoms with van der Waals surface area (Å²) in [5.74, 6) is -1.07. The molecule has 0 amide bonds. The smallest absolute Gasteiger partial charge is 0.336 e. The highest BCUT2D eigenvalue weighted by atomic mass is 16.4. The van der Waals surface area contributed by atoms with E-state index in [0.29, 0.717) is 17.5 Å². The largest absolute Gasteiger partial charge is 0.478 e. The minimum absolute atomic E-state index is 0.0727. The van der Waals surface area contributed by atoms with E-state index >= 15 is 0 Å². The summed E-state index contributed by atoms with van der Waals surface area (Å²) < 4.78 is 5.13. The molecule has 3 rings (SSSR count). The molecule has 1 heterocycles.